The van der Waals surface area contributed by atoms with Gasteiger partial charge in [0, 0.05) is 13.0 Å². The topological polar surface area (TPSA) is 88.6 Å². The Bertz CT molecular complexity index is 525. The third kappa shape index (κ3) is 2.78. The van der Waals surface area contributed by atoms with Crippen molar-refractivity contribution < 1.29 is 19.5 Å². The van der Waals surface area contributed by atoms with Gasteiger partial charge in [0.1, 0.15) is 11.5 Å². The second kappa shape index (κ2) is 5.50. The van der Waals surface area contributed by atoms with Crippen molar-refractivity contribution >= 4 is 0 Å². The molecule has 0 radical (unpaired) electrons. The minimum absolute atomic E-state index is 0.0205. The molecule has 0 aliphatic rings. The number of hydrogen-bond donors (Lipinski definition) is 2. The van der Waals surface area contributed by atoms with Crippen molar-refractivity contribution in [3.8, 4) is 23.0 Å². The third-order valence-corrected chi connectivity index (χ3v) is 2.35. The summed E-state index contributed by atoms with van der Waals surface area (Å²) in [5.74, 6) is 0.681. The number of aromatic nitrogens is 2. The van der Waals surface area contributed by atoms with Gasteiger partial charge in [-0.15, -0.1) is 0 Å². The van der Waals surface area contributed by atoms with Gasteiger partial charge in [-0.25, -0.2) is 0 Å². The smallest absolute Gasteiger partial charge is 0.261 e. The molecule has 1 aromatic carbocycles. The second-order valence-corrected chi connectivity index (χ2v) is 3.66. The molecular formula is C12H14N2O4. The zero-order valence-electron chi connectivity index (χ0n) is 9.96. The fourth-order valence-electron chi connectivity index (χ4n) is 1.47. The Balaban J connectivity index is 2.16. The van der Waals surface area contributed by atoms with Crippen LogP contribution in [0.15, 0.2) is 22.7 Å². The number of phenolic OH excluding ortho intramolecular Hbond substituents is 2. The molecule has 2 N–H and O–H groups in total. The number of ether oxygens (including phenoxy) is 1. The van der Waals surface area contributed by atoms with E-state index in [-0.39, 0.29) is 17.4 Å². The lowest BCUT2D eigenvalue weighted by Gasteiger charge is -1.99. The van der Waals surface area contributed by atoms with E-state index in [4.69, 9.17) is 9.26 Å². The summed E-state index contributed by atoms with van der Waals surface area (Å²) in [6.07, 6.45) is 0.539. The molecule has 2 rings (SSSR count). The molecule has 0 unspecified atom stereocenters. The summed E-state index contributed by atoms with van der Waals surface area (Å²) in [7, 11) is 0. The molecule has 6 heteroatoms. The molecule has 18 heavy (non-hydrogen) atoms. The van der Waals surface area contributed by atoms with Gasteiger partial charge in [-0.1, -0.05) is 5.16 Å². The molecule has 1 heterocycles. The van der Waals surface area contributed by atoms with Crippen LogP contribution >= 0.6 is 0 Å². The largest absolute Gasteiger partial charge is 0.508 e. The molecule has 0 saturated heterocycles. The molecule has 0 saturated carbocycles. The summed E-state index contributed by atoms with van der Waals surface area (Å²) in [6.45, 7) is 3.06. The lowest BCUT2D eigenvalue weighted by Crippen LogP contribution is -1.99. The first kappa shape index (κ1) is 12.4. The van der Waals surface area contributed by atoms with Crippen LogP contribution in [0.5, 0.6) is 11.5 Å². The fraction of sp³-hybridized carbons (Fsp3) is 0.333. The van der Waals surface area contributed by atoms with Crippen LogP contribution in [0, 0.1) is 0 Å². The van der Waals surface area contributed by atoms with E-state index in [1.165, 1.54) is 18.2 Å². The maximum Gasteiger partial charge on any atom is 0.261 e. The minimum Gasteiger partial charge on any atom is -0.508 e. The van der Waals surface area contributed by atoms with E-state index in [0.717, 1.165) is 0 Å². The van der Waals surface area contributed by atoms with Crippen molar-refractivity contribution in [3.05, 3.63) is 24.0 Å². The van der Waals surface area contributed by atoms with Gasteiger partial charge in [0.2, 0.25) is 0 Å². The number of aromatic hydroxyl groups is 2. The molecule has 0 aliphatic carbocycles. The van der Waals surface area contributed by atoms with Gasteiger partial charge in [-0.3, -0.25) is 0 Å². The highest BCUT2D eigenvalue weighted by Gasteiger charge is 2.13. The summed E-state index contributed by atoms with van der Waals surface area (Å²) in [4.78, 5) is 4.13. The van der Waals surface area contributed by atoms with E-state index >= 15 is 0 Å². The lowest BCUT2D eigenvalue weighted by atomic mass is 10.2. The summed E-state index contributed by atoms with van der Waals surface area (Å²) in [6, 6.07) is 4.12. The molecule has 0 bridgehead atoms. The Labute approximate surface area is 104 Å². The highest BCUT2D eigenvalue weighted by molar-refractivity contribution is 5.64. The molecule has 0 fully saturated rings. The Morgan fingerprint density at radius 1 is 1.33 bits per heavy atom. The maximum atomic E-state index is 9.65. The fourth-order valence-corrected chi connectivity index (χ4v) is 1.47. The van der Waals surface area contributed by atoms with Crippen molar-refractivity contribution in [1.82, 2.24) is 10.1 Å². The quantitative estimate of drug-likeness (QED) is 0.620. The van der Waals surface area contributed by atoms with E-state index in [0.29, 0.717) is 31.0 Å². The highest BCUT2D eigenvalue weighted by atomic mass is 16.5. The third-order valence-electron chi connectivity index (χ3n) is 2.35. The molecule has 6 nitrogen and oxygen atoms in total. The lowest BCUT2D eigenvalue weighted by molar-refractivity contribution is 0.149. The van der Waals surface area contributed by atoms with Gasteiger partial charge in [0.05, 0.1) is 12.2 Å². The Kier molecular flexibility index (Phi) is 3.78. The van der Waals surface area contributed by atoms with Crippen LogP contribution in [-0.2, 0) is 11.2 Å². The standard InChI is InChI=1S/C12H14N2O4/c1-2-17-6-5-11-13-12(18-14-11)9-7-8(15)3-4-10(9)16/h3-4,7,15-16H,2,5-6H2,1H3. The van der Waals surface area contributed by atoms with Crippen molar-refractivity contribution in [2.24, 2.45) is 0 Å². The Morgan fingerprint density at radius 2 is 2.17 bits per heavy atom. The molecule has 2 aromatic rings. The van der Waals surface area contributed by atoms with Crippen molar-refractivity contribution in [2.45, 2.75) is 13.3 Å². The molecule has 1 aromatic heterocycles. The number of benzene rings is 1. The van der Waals surface area contributed by atoms with Gasteiger partial charge in [-0.05, 0) is 25.1 Å². The van der Waals surface area contributed by atoms with Gasteiger partial charge >= 0.3 is 0 Å². The summed E-state index contributed by atoms with van der Waals surface area (Å²) >= 11 is 0. The normalized spacial score (nSPS) is 10.7. The monoisotopic (exact) mass is 250 g/mol. The van der Waals surface area contributed by atoms with Crippen LogP contribution in [0.3, 0.4) is 0 Å². The molecule has 96 valence electrons. The molecule has 0 aliphatic heterocycles. The maximum absolute atomic E-state index is 9.65. The Morgan fingerprint density at radius 3 is 2.94 bits per heavy atom. The number of rotatable bonds is 5. The molecule has 0 amide bonds. The van der Waals surface area contributed by atoms with Crippen LogP contribution in [0.1, 0.15) is 12.7 Å². The average Bonchev–Trinajstić information content (AvgIpc) is 2.81. The Hall–Kier alpha value is -2.08. The second-order valence-electron chi connectivity index (χ2n) is 3.66. The zero-order chi connectivity index (χ0) is 13.0. The highest BCUT2D eigenvalue weighted by Crippen LogP contribution is 2.30. The van der Waals surface area contributed by atoms with Crippen LogP contribution in [-0.4, -0.2) is 33.6 Å². The van der Waals surface area contributed by atoms with Crippen LogP contribution in [0.4, 0.5) is 0 Å². The molecular weight excluding hydrogens is 236 g/mol. The van der Waals surface area contributed by atoms with Crippen molar-refractivity contribution in [1.29, 1.82) is 0 Å². The first-order valence-corrected chi connectivity index (χ1v) is 5.63. The SMILES string of the molecule is CCOCCc1noc(-c2cc(O)ccc2O)n1. The average molecular weight is 250 g/mol. The van der Waals surface area contributed by atoms with Crippen LogP contribution in [0.2, 0.25) is 0 Å². The minimum atomic E-state index is -0.0205. The van der Waals surface area contributed by atoms with Gasteiger partial charge in [-0.2, -0.15) is 4.98 Å². The van der Waals surface area contributed by atoms with Gasteiger partial charge in [0.25, 0.3) is 5.89 Å². The summed E-state index contributed by atoms with van der Waals surface area (Å²) < 4.78 is 10.2. The first-order chi connectivity index (χ1) is 8.70. The van der Waals surface area contributed by atoms with Crippen molar-refractivity contribution in [3.63, 3.8) is 0 Å². The summed E-state index contributed by atoms with van der Waals surface area (Å²) in [5, 5.41) is 22.8. The van der Waals surface area contributed by atoms with Crippen molar-refractivity contribution in [2.75, 3.05) is 13.2 Å². The zero-order valence-corrected chi connectivity index (χ0v) is 9.96. The number of nitrogens with zero attached hydrogens (tertiary/aromatic N) is 2. The van der Waals surface area contributed by atoms with E-state index in [2.05, 4.69) is 10.1 Å². The van der Waals surface area contributed by atoms with E-state index in [1.54, 1.807) is 0 Å². The van der Waals surface area contributed by atoms with Crippen LogP contribution < -0.4 is 0 Å². The van der Waals surface area contributed by atoms with Crippen LogP contribution in [0.25, 0.3) is 11.5 Å². The predicted octanol–water partition coefficient (Wildman–Crippen LogP) is 1.73. The number of phenols is 2. The summed E-state index contributed by atoms with van der Waals surface area (Å²) in [5.41, 5.74) is 0.310. The predicted molar refractivity (Wildman–Crippen MR) is 63.3 cm³/mol. The van der Waals surface area contributed by atoms with E-state index in [9.17, 15) is 10.2 Å². The van der Waals surface area contributed by atoms with E-state index < -0.39 is 0 Å². The molecule has 0 spiro atoms. The van der Waals surface area contributed by atoms with Gasteiger partial charge < -0.3 is 19.5 Å². The first-order valence-electron chi connectivity index (χ1n) is 5.63. The molecule has 0 atom stereocenters. The van der Waals surface area contributed by atoms with E-state index in [1.807, 2.05) is 6.92 Å². The van der Waals surface area contributed by atoms with Gasteiger partial charge in [0.15, 0.2) is 5.82 Å². The number of hydrogen-bond acceptors (Lipinski definition) is 6.